The van der Waals surface area contributed by atoms with Gasteiger partial charge < -0.3 is 10.1 Å². The van der Waals surface area contributed by atoms with Crippen LogP contribution < -0.4 is 5.32 Å². The molecule has 0 bridgehead atoms. The third-order valence-electron chi connectivity index (χ3n) is 2.62. The van der Waals surface area contributed by atoms with Gasteiger partial charge in [-0.2, -0.15) is 0 Å². The summed E-state index contributed by atoms with van der Waals surface area (Å²) in [5.41, 5.74) is 0. The number of amides is 1. The molecule has 0 atom stereocenters. The van der Waals surface area contributed by atoms with Crippen LogP contribution in [-0.2, 0) is 9.53 Å². The maximum absolute atomic E-state index is 10.9. The molecule has 0 aromatic carbocycles. The van der Waals surface area contributed by atoms with Crippen molar-refractivity contribution in [2.24, 2.45) is 0 Å². The lowest BCUT2D eigenvalue weighted by atomic mass is 10.3. The van der Waals surface area contributed by atoms with Crippen LogP contribution in [0, 0.1) is 0 Å². The van der Waals surface area contributed by atoms with Crippen molar-refractivity contribution in [3.63, 3.8) is 0 Å². The highest BCUT2D eigenvalue weighted by Gasteiger charge is 2.14. The van der Waals surface area contributed by atoms with Gasteiger partial charge in [0, 0.05) is 19.6 Å². The van der Waals surface area contributed by atoms with E-state index in [9.17, 15) is 4.79 Å². The van der Waals surface area contributed by atoms with Crippen molar-refractivity contribution in [2.75, 3.05) is 13.2 Å². The fourth-order valence-corrected chi connectivity index (χ4v) is 1.73. The van der Waals surface area contributed by atoms with E-state index in [2.05, 4.69) is 5.32 Å². The lowest BCUT2D eigenvalue weighted by Crippen LogP contribution is -2.24. The molecule has 0 aromatic rings. The van der Waals surface area contributed by atoms with Gasteiger partial charge in [0.1, 0.15) is 0 Å². The van der Waals surface area contributed by atoms with E-state index in [4.69, 9.17) is 4.74 Å². The maximum atomic E-state index is 10.9. The van der Waals surface area contributed by atoms with Crippen LogP contribution in [-0.4, -0.2) is 25.2 Å². The first-order valence-corrected chi connectivity index (χ1v) is 5.71. The van der Waals surface area contributed by atoms with Gasteiger partial charge in [0.15, 0.2) is 0 Å². The second kappa shape index (κ2) is 6.82. The summed E-state index contributed by atoms with van der Waals surface area (Å²) in [5.74, 6) is 0.130. The zero-order valence-corrected chi connectivity index (χ0v) is 9.05. The Kier molecular flexibility index (Phi) is 5.60. The fraction of sp³-hybridized carbons (Fsp3) is 0.909. The van der Waals surface area contributed by atoms with Crippen LogP contribution >= 0.6 is 0 Å². The van der Waals surface area contributed by atoms with Gasteiger partial charge in [-0.1, -0.05) is 19.8 Å². The van der Waals surface area contributed by atoms with Crippen LogP contribution in [0.4, 0.5) is 0 Å². The molecule has 1 saturated carbocycles. The normalized spacial score (nSPS) is 17.2. The highest BCUT2D eigenvalue weighted by molar-refractivity contribution is 5.75. The van der Waals surface area contributed by atoms with Gasteiger partial charge >= 0.3 is 0 Å². The van der Waals surface area contributed by atoms with Crippen LogP contribution in [0.5, 0.6) is 0 Å². The second-order valence-electron chi connectivity index (χ2n) is 3.83. The fourth-order valence-electron chi connectivity index (χ4n) is 1.73. The van der Waals surface area contributed by atoms with E-state index in [0.717, 1.165) is 19.6 Å². The molecule has 1 N–H and O–H groups in total. The Morgan fingerprint density at radius 2 is 2.14 bits per heavy atom. The van der Waals surface area contributed by atoms with Crippen LogP contribution in [0.1, 0.15) is 45.4 Å². The lowest BCUT2D eigenvalue weighted by Gasteiger charge is -2.10. The van der Waals surface area contributed by atoms with Crippen molar-refractivity contribution in [3.05, 3.63) is 0 Å². The van der Waals surface area contributed by atoms with Crippen LogP contribution in [0.2, 0.25) is 0 Å². The Balaban J connectivity index is 1.86. The topological polar surface area (TPSA) is 38.3 Å². The van der Waals surface area contributed by atoms with Crippen molar-refractivity contribution in [1.82, 2.24) is 5.32 Å². The molecule has 1 aliphatic rings. The number of nitrogens with one attached hydrogen (secondary N) is 1. The Hall–Kier alpha value is -0.570. The SMILES string of the molecule is CCC(=O)NCCCOC1CCCC1. The summed E-state index contributed by atoms with van der Waals surface area (Å²) < 4.78 is 5.67. The molecule has 0 spiro atoms. The third-order valence-corrected chi connectivity index (χ3v) is 2.62. The van der Waals surface area contributed by atoms with Crippen molar-refractivity contribution in [3.8, 4) is 0 Å². The average molecular weight is 199 g/mol. The second-order valence-corrected chi connectivity index (χ2v) is 3.83. The Bertz CT molecular complexity index is 165. The molecule has 0 unspecified atom stereocenters. The Morgan fingerprint density at radius 1 is 1.43 bits per heavy atom. The number of rotatable bonds is 6. The molecular formula is C11H21NO2. The van der Waals surface area contributed by atoms with Gasteiger partial charge in [-0.05, 0) is 19.3 Å². The average Bonchev–Trinajstić information content (AvgIpc) is 2.69. The van der Waals surface area contributed by atoms with Crippen LogP contribution in [0.25, 0.3) is 0 Å². The standard InChI is InChI=1S/C11H21NO2/c1-2-11(13)12-8-5-9-14-10-6-3-4-7-10/h10H,2-9H2,1H3,(H,12,13). The van der Waals surface area contributed by atoms with Crippen molar-refractivity contribution in [2.45, 2.75) is 51.6 Å². The predicted molar refractivity (Wildman–Crippen MR) is 56.1 cm³/mol. The van der Waals surface area contributed by atoms with E-state index < -0.39 is 0 Å². The summed E-state index contributed by atoms with van der Waals surface area (Å²) in [7, 11) is 0. The van der Waals surface area contributed by atoms with Gasteiger partial charge in [-0.15, -0.1) is 0 Å². The number of carbonyl (C=O) groups is 1. The van der Waals surface area contributed by atoms with E-state index in [1.165, 1.54) is 25.7 Å². The molecular weight excluding hydrogens is 178 g/mol. The smallest absolute Gasteiger partial charge is 0.219 e. The lowest BCUT2D eigenvalue weighted by molar-refractivity contribution is -0.120. The molecule has 1 amide bonds. The third kappa shape index (κ3) is 4.61. The highest BCUT2D eigenvalue weighted by atomic mass is 16.5. The highest BCUT2D eigenvalue weighted by Crippen LogP contribution is 2.20. The molecule has 0 aromatic heterocycles. The predicted octanol–water partition coefficient (Wildman–Crippen LogP) is 1.86. The number of hydrogen-bond acceptors (Lipinski definition) is 2. The van der Waals surface area contributed by atoms with Gasteiger partial charge in [-0.3, -0.25) is 4.79 Å². The molecule has 1 fully saturated rings. The minimum Gasteiger partial charge on any atom is -0.378 e. The summed E-state index contributed by atoms with van der Waals surface area (Å²) >= 11 is 0. The van der Waals surface area contributed by atoms with Crippen molar-refractivity contribution >= 4 is 5.91 Å². The monoisotopic (exact) mass is 199 g/mol. The van der Waals surface area contributed by atoms with E-state index in [0.29, 0.717) is 12.5 Å². The first-order chi connectivity index (χ1) is 6.83. The largest absolute Gasteiger partial charge is 0.378 e. The minimum absolute atomic E-state index is 0.130. The summed E-state index contributed by atoms with van der Waals surface area (Å²) in [6.45, 7) is 3.40. The van der Waals surface area contributed by atoms with Gasteiger partial charge in [0.25, 0.3) is 0 Å². The van der Waals surface area contributed by atoms with Crippen molar-refractivity contribution in [1.29, 1.82) is 0 Å². The first-order valence-electron chi connectivity index (χ1n) is 5.71. The van der Waals surface area contributed by atoms with Gasteiger partial charge in [-0.25, -0.2) is 0 Å². The zero-order chi connectivity index (χ0) is 10.2. The molecule has 0 radical (unpaired) electrons. The Labute approximate surface area is 86.2 Å². The summed E-state index contributed by atoms with van der Waals surface area (Å²) in [6, 6.07) is 0. The van der Waals surface area contributed by atoms with Gasteiger partial charge in [0.05, 0.1) is 6.10 Å². The number of ether oxygens (including phenoxy) is 1. The van der Waals surface area contributed by atoms with E-state index in [1.54, 1.807) is 0 Å². The molecule has 1 rings (SSSR count). The zero-order valence-electron chi connectivity index (χ0n) is 9.05. The van der Waals surface area contributed by atoms with Crippen LogP contribution in [0.3, 0.4) is 0 Å². The summed E-state index contributed by atoms with van der Waals surface area (Å²) in [5, 5.41) is 2.84. The van der Waals surface area contributed by atoms with E-state index >= 15 is 0 Å². The van der Waals surface area contributed by atoms with Crippen molar-refractivity contribution < 1.29 is 9.53 Å². The molecule has 1 aliphatic carbocycles. The maximum Gasteiger partial charge on any atom is 0.219 e. The van der Waals surface area contributed by atoms with Crippen LogP contribution in [0.15, 0.2) is 0 Å². The summed E-state index contributed by atoms with van der Waals surface area (Å²) in [6.07, 6.45) is 7.08. The number of carbonyl (C=O) groups excluding carboxylic acids is 1. The molecule has 82 valence electrons. The first kappa shape index (κ1) is 11.5. The molecule has 0 aliphatic heterocycles. The molecule has 0 heterocycles. The summed E-state index contributed by atoms with van der Waals surface area (Å²) in [4.78, 5) is 10.9. The quantitative estimate of drug-likeness (QED) is 0.663. The molecule has 3 nitrogen and oxygen atoms in total. The van der Waals surface area contributed by atoms with Gasteiger partial charge in [0.2, 0.25) is 5.91 Å². The minimum atomic E-state index is 0.130. The van der Waals surface area contributed by atoms with E-state index in [1.807, 2.05) is 6.92 Å². The Morgan fingerprint density at radius 3 is 2.79 bits per heavy atom. The van der Waals surface area contributed by atoms with E-state index in [-0.39, 0.29) is 5.91 Å². The molecule has 3 heteroatoms. The number of hydrogen-bond donors (Lipinski definition) is 1. The molecule has 0 saturated heterocycles. The molecule has 14 heavy (non-hydrogen) atoms.